The van der Waals surface area contributed by atoms with Crippen LogP contribution in [0, 0.1) is 5.92 Å². The molecule has 0 radical (unpaired) electrons. The number of carbonyl (C=O) groups is 2. The van der Waals surface area contributed by atoms with Crippen molar-refractivity contribution in [3.05, 3.63) is 136 Å². The van der Waals surface area contributed by atoms with Gasteiger partial charge in [0.1, 0.15) is 0 Å². The number of benzene rings is 4. The smallest absolute Gasteiger partial charge is 0.336 e. The molecule has 0 aliphatic heterocycles. The van der Waals surface area contributed by atoms with Gasteiger partial charge in [0.05, 0.1) is 5.56 Å². The second-order valence-electron chi connectivity index (χ2n) is 10.9. The molecule has 40 heavy (non-hydrogen) atoms. The Kier molecular flexibility index (Phi) is 7.97. The largest absolute Gasteiger partial charge is 0.478 e. The van der Waals surface area contributed by atoms with Crippen LogP contribution in [-0.2, 0) is 13.0 Å². The topological polar surface area (TPSA) is 66.4 Å². The number of hydrogen-bond donors (Lipinski definition) is 2. The summed E-state index contributed by atoms with van der Waals surface area (Å²) >= 11 is 0. The van der Waals surface area contributed by atoms with Crippen LogP contribution < -0.4 is 5.32 Å². The van der Waals surface area contributed by atoms with E-state index in [0.29, 0.717) is 29.5 Å². The van der Waals surface area contributed by atoms with E-state index in [9.17, 15) is 14.7 Å². The lowest BCUT2D eigenvalue weighted by atomic mass is 9.80. The first-order valence-electron chi connectivity index (χ1n) is 13.9. The van der Waals surface area contributed by atoms with Crippen LogP contribution in [0.15, 0.2) is 103 Å². The molecule has 4 aromatic rings. The lowest BCUT2D eigenvalue weighted by molar-refractivity contribution is 0.0697. The first-order valence-corrected chi connectivity index (χ1v) is 13.9. The summed E-state index contributed by atoms with van der Waals surface area (Å²) in [5, 5.41) is 12.6. The van der Waals surface area contributed by atoms with Gasteiger partial charge in [-0.05, 0) is 95.7 Å². The van der Waals surface area contributed by atoms with Crippen molar-refractivity contribution in [2.24, 2.45) is 5.92 Å². The summed E-state index contributed by atoms with van der Waals surface area (Å²) in [6.07, 6.45) is 1.91. The van der Waals surface area contributed by atoms with E-state index in [1.54, 1.807) is 12.1 Å². The van der Waals surface area contributed by atoms with Gasteiger partial charge in [0, 0.05) is 12.1 Å². The molecule has 0 spiro atoms. The second-order valence-corrected chi connectivity index (χ2v) is 10.9. The fourth-order valence-corrected chi connectivity index (χ4v) is 5.80. The van der Waals surface area contributed by atoms with E-state index in [1.807, 2.05) is 60.7 Å². The molecule has 4 nitrogen and oxygen atoms in total. The molecule has 2 unspecified atom stereocenters. The number of rotatable bonds is 7. The van der Waals surface area contributed by atoms with E-state index in [0.717, 1.165) is 29.5 Å². The van der Waals surface area contributed by atoms with Crippen molar-refractivity contribution < 1.29 is 14.7 Å². The summed E-state index contributed by atoms with van der Waals surface area (Å²) in [5.74, 6) is -0.252. The van der Waals surface area contributed by atoms with Crippen LogP contribution in [0.2, 0.25) is 0 Å². The molecule has 1 amide bonds. The molecule has 4 heteroatoms. The predicted molar refractivity (Wildman–Crippen MR) is 161 cm³/mol. The summed E-state index contributed by atoms with van der Waals surface area (Å²) in [7, 11) is 0. The first kappa shape index (κ1) is 27.1. The molecular formula is C36H35NO3. The van der Waals surface area contributed by atoms with Crippen LogP contribution in [-0.4, -0.2) is 17.0 Å². The molecule has 0 aromatic heterocycles. The van der Waals surface area contributed by atoms with Gasteiger partial charge in [0.15, 0.2) is 0 Å². The maximum atomic E-state index is 13.0. The van der Waals surface area contributed by atoms with Crippen LogP contribution in [0.3, 0.4) is 0 Å². The third-order valence-corrected chi connectivity index (χ3v) is 8.34. The van der Waals surface area contributed by atoms with Crippen molar-refractivity contribution in [3.8, 4) is 11.1 Å². The SMILES string of the molecule is CC1=C(C)c2cc(C(=O)NCc3ccccc3)ccc2C(C)C(Cc2ccc(-c3ccccc3C(=O)O)cc2)C1. The normalized spacial score (nSPS) is 16.7. The monoisotopic (exact) mass is 529 g/mol. The van der Waals surface area contributed by atoms with E-state index < -0.39 is 5.97 Å². The Morgan fingerprint density at radius 1 is 0.825 bits per heavy atom. The zero-order valence-electron chi connectivity index (χ0n) is 23.3. The maximum absolute atomic E-state index is 13.0. The third kappa shape index (κ3) is 5.76. The van der Waals surface area contributed by atoms with Gasteiger partial charge in [0.2, 0.25) is 0 Å². The van der Waals surface area contributed by atoms with E-state index in [1.165, 1.54) is 27.8 Å². The summed E-state index contributed by atoms with van der Waals surface area (Å²) in [6.45, 7) is 7.17. The van der Waals surface area contributed by atoms with Crippen LogP contribution in [0.25, 0.3) is 16.7 Å². The van der Waals surface area contributed by atoms with E-state index >= 15 is 0 Å². The Hall–Kier alpha value is -4.44. The summed E-state index contributed by atoms with van der Waals surface area (Å²) in [6, 6.07) is 31.5. The minimum Gasteiger partial charge on any atom is -0.478 e. The Balaban J connectivity index is 1.35. The first-order chi connectivity index (χ1) is 19.3. The number of allylic oxidation sites excluding steroid dienone is 2. The fourth-order valence-electron chi connectivity index (χ4n) is 5.80. The van der Waals surface area contributed by atoms with Gasteiger partial charge in [0.25, 0.3) is 5.91 Å². The lowest BCUT2D eigenvalue weighted by Gasteiger charge is -2.24. The van der Waals surface area contributed by atoms with E-state index in [-0.39, 0.29) is 5.91 Å². The molecule has 1 aliphatic carbocycles. The van der Waals surface area contributed by atoms with Crippen LogP contribution in [0.4, 0.5) is 0 Å². The van der Waals surface area contributed by atoms with Gasteiger partial charge in [-0.3, -0.25) is 4.79 Å². The van der Waals surface area contributed by atoms with Crippen molar-refractivity contribution in [2.75, 3.05) is 0 Å². The van der Waals surface area contributed by atoms with Gasteiger partial charge in [-0.15, -0.1) is 0 Å². The predicted octanol–water partition coefficient (Wildman–Crippen LogP) is 8.14. The van der Waals surface area contributed by atoms with E-state index in [2.05, 4.69) is 50.4 Å². The zero-order valence-corrected chi connectivity index (χ0v) is 23.3. The van der Waals surface area contributed by atoms with Crippen LogP contribution in [0.1, 0.15) is 76.1 Å². The van der Waals surface area contributed by atoms with Crippen molar-refractivity contribution >= 4 is 17.4 Å². The van der Waals surface area contributed by atoms with Gasteiger partial charge < -0.3 is 10.4 Å². The number of aromatic carboxylic acids is 1. The molecule has 1 aliphatic rings. The quantitative estimate of drug-likeness (QED) is 0.254. The van der Waals surface area contributed by atoms with Gasteiger partial charge >= 0.3 is 5.97 Å². The van der Waals surface area contributed by atoms with Crippen LogP contribution >= 0.6 is 0 Å². The molecule has 0 fully saturated rings. The van der Waals surface area contributed by atoms with Crippen molar-refractivity contribution in [1.82, 2.24) is 5.32 Å². The minimum absolute atomic E-state index is 0.0601. The Morgan fingerprint density at radius 2 is 1.52 bits per heavy atom. The number of amides is 1. The summed E-state index contributed by atoms with van der Waals surface area (Å²) < 4.78 is 0. The second kappa shape index (κ2) is 11.7. The molecule has 0 saturated carbocycles. The maximum Gasteiger partial charge on any atom is 0.336 e. The Bertz CT molecular complexity index is 1570. The van der Waals surface area contributed by atoms with Crippen molar-refractivity contribution in [1.29, 1.82) is 0 Å². The molecule has 0 heterocycles. The third-order valence-electron chi connectivity index (χ3n) is 8.34. The molecule has 4 aromatic carbocycles. The van der Waals surface area contributed by atoms with Gasteiger partial charge in [-0.1, -0.05) is 91.4 Å². The Morgan fingerprint density at radius 3 is 2.25 bits per heavy atom. The fraction of sp³-hybridized carbons (Fsp3) is 0.222. The standard InChI is InChI=1S/C36H35NO3/c1-23-19-30(20-26-13-15-28(16-14-26)32-11-7-8-12-33(32)36(39)40)25(3)31-18-17-29(21-34(31)24(23)2)35(38)37-22-27-9-5-4-6-10-27/h4-18,21,25,30H,19-20,22H2,1-3H3,(H,37,38)(H,39,40). The van der Waals surface area contributed by atoms with Gasteiger partial charge in [-0.25, -0.2) is 4.79 Å². The number of carboxylic acids is 1. The highest BCUT2D eigenvalue weighted by Crippen LogP contribution is 2.41. The zero-order chi connectivity index (χ0) is 28.2. The molecule has 2 N–H and O–H groups in total. The number of carboxylic acid groups (broad SMARTS) is 1. The number of hydrogen-bond acceptors (Lipinski definition) is 2. The highest BCUT2D eigenvalue weighted by molar-refractivity contribution is 5.96. The highest BCUT2D eigenvalue weighted by Gasteiger charge is 2.27. The summed E-state index contributed by atoms with van der Waals surface area (Å²) in [4.78, 5) is 24.7. The molecule has 5 rings (SSSR count). The number of nitrogens with one attached hydrogen (secondary N) is 1. The van der Waals surface area contributed by atoms with Gasteiger partial charge in [-0.2, -0.15) is 0 Å². The lowest BCUT2D eigenvalue weighted by Crippen LogP contribution is -2.23. The van der Waals surface area contributed by atoms with Crippen LogP contribution in [0.5, 0.6) is 0 Å². The molecule has 0 bridgehead atoms. The molecular weight excluding hydrogens is 494 g/mol. The minimum atomic E-state index is -0.917. The number of fused-ring (bicyclic) bond motifs is 1. The average Bonchev–Trinajstić information content (AvgIpc) is 3.07. The molecule has 202 valence electrons. The van der Waals surface area contributed by atoms with E-state index in [4.69, 9.17) is 0 Å². The molecule has 0 saturated heterocycles. The van der Waals surface area contributed by atoms with Crippen molar-refractivity contribution in [3.63, 3.8) is 0 Å². The highest BCUT2D eigenvalue weighted by atomic mass is 16.4. The molecule has 2 atom stereocenters. The van der Waals surface area contributed by atoms with Crippen molar-refractivity contribution in [2.45, 2.75) is 46.1 Å². The average molecular weight is 530 g/mol. The summed E-state index contributed by atoms with van der Waals surface area (Å²) in [5.41, 5.74) is 10.0. The number of carbonyl (C=O) groups excluding carboxylic acids is 1. The Labute approximate surface area is 236 Å².